The molecule has 32 heavy (non-hydrogen) atoms. The molecule has 2 aromatic rings. The third-order valence-corrected chi connectivity index (χ3v) is 6.90. The predicted molar refractivity (Wildman–Crippen MR) is 129 cm³/mol. The molecule has 2 aliphatic rings. The SMILES string of the molecule is Cc1ccccc1CN1CCCC(C(=O)Nc2ccccc2C(=O)NC2CCCCC2)C1. The van der Waals surface area contributed by atoms with Crippen LogP contribution in [0.3, 0.4) is 0 Å². The highest BCUT2D eigenvalue weighted by Gasteiger charge is 2.27. The van der Waals surface area contributed by atoms with Gasteiger partial charge in [0.05, 0.1) is 17.2 Å². The summed E-state index contributed by atoms with van der Waals surface area (Å²) in [6, 6.07) is 16.1. The topological polar surface area (TPSA) is 61.4 Å². The number of hydrogen-bond acceptors (Lipinski definition) is 3. The van der Waals surface area contributed by atoms with Crippen LogP contribution < -0.4 is 10.6 Å². The maximum absolute atomic E-state index is 13.1. The van der Waals surface area contributed by atoms with Crippen molar-refractivity contribution in [1.82, 2.24) is 10.2 Å². The van der Waals surface area contributed by atoms with Gasteiger partial charge in [0.2, 0.25) is 5.91 Å². The van der Waals surface area contributed by atoms with Crippen LogP contribution in [-0.4, -0.2) is 35.8 Å². The second-order valence-electron chi connectivity index (χ2n) is 9.34. The van der Waals surface area contributed by atoms with Crippen LogP contribution in [-0.2, 0) is 11.3 Å². The number of para-hydroxylation sites is 1. The van der Waals surface area contributed by atoms with E-state index in [0.29, 0.717) is 11.3 Å². The fourth-order valence-corrected chi connectivity index (χ4v) is 4.98. The summed E-state index contributed by atoms with van der Waals surface area (Å²) in [4.78, 5) is 28.4. The minimum absolute atomic E-state index is 0.0115. The van der Waals surface area contributed by atoms with E-state index in [1.54, 1.807) is 6.07 Å². The first-order valence-electron chi connectivity index (χ1n) is 12.1. The zero-order chi connectivity index (χ0) is 22.3. The van der Waals surface area contributed by atoms with Gasteiger partial charge in [-0.05, 0) is 62.4 Å². The number of carbonyl (C=O) groups excluding carboxylic acids is 2. The normalized spacial score (nSPS) is 20.0. The first-order chi connectivity index (χ1) is 15.6. The molecule has 1 heterocycles. The minimum Gasteiger partial charge on any atom is -0.349 e. The molecule has 1 atom stereocenters. The molecule has 0 aromatic heterocycles. The lowest BCUT2D eigenvalue weighted by Gasteiger charge is -2.32. The Morgan fingerprint density at radius 1 is 0.938 bits per heavy atom. The average molecular weight is 434 g/mol. The van der Waals surface area contributed by atoms with E-state index in [9.17, 15) is 9.59 Å². The zero-order valence-electron chi connectivity index (χ0n) is 19.1. The lowest BCUT2D eigenvalue weighted by atomic mass is 9.95. The number of likely N-dealkylation sites (tertiary alicyclic amines) is 1. The monoisotopic (exact) mass is 433 g/mol. The highest BCUT2D eigenvalue weighted by Crippen LogP contribution is 2.24. The Bertz CT molecular complexity index is 936. The van der Waals surface area contributed by atoms with Gasteiger partial charge in [0, 0.05) is 19.1 Å². The Kier molecular flexibility index (Phi) is 7.59. The van der Waals surface area contributed by atoms with Crippen LogP contribution in [0.15, 0.2) is 48.5 Å². The van der Waals surface area contributed by atoms with Crippen molar-refractivity contribution in [3.05, 3.63) is 65.2 Å². The molecule has 2 fully saturated rings. The molecule has 1 saturated heterocycles. The van der Waals surface area contributed by atoms with Crippen molar-refractivity contribution < 1.29 is 9.59 Å². The molecular formula is C27H35N3O2. The van der Waals surface area contributed by atoms with Crippen LogP contribution in [0.2, 0.25) is 0 Å². The van der Waals surface area contributed by atoms with Crippen LogP contribution in [0.25, 0.3) is 0 Å². The van der Waals surface area contributed by atoms with Gasteiger partial charge in [-0.1, -0.05) is 55.7 Å². The van der Waals surface area contributed by atoms with Crippen molar-refractivity contribution in [3.63, 3.8) is 0 Å². The summed E-state index contributed by atoms with van der Waals surface area (Å²) < 4.78 is 0. The largest absolute Gasteiger partial charge is 0.349 e. The zero-order valence-corrected chi connectivity index (χ0v) is 19.1. The molecule has 4 rings (SSSR count). The predicted octanol–water partition coefficient (Wildman–Crippen LogP) is 4.91. The quantitative estimate of drug-likeness (QED) is 0.681. The fourth-order valence-electron chi connectivity index (χ4n) is 4.98. The highest BCUT2D eigenvalue weighted by atomic mass is 16.2. The molecule has 2 aromatic carbocycles. The van der Waals surface area contributed by atoms with Gasteiger partial charge >= 0.3 is 0 Å². The fraction of sp³-hybridized carbons (Fsp3) is 0.481. The van der Waals surface area contributed by atoms with Crippen molar-refractivity contribution in [3.8, 4) is 0 Å². The van der Waals surface area contributed by atoms with E-state index in [4.69, 9.17) is 0 Å². The molecule has 5 nitrogen and oxygen atoms in total. The van der Waals surface area contributed by atoms with Gasteiger partial charge in [0.15, 0.2) is 0 Å². The molecule has 1 saturated carbocycles. The van der Waals surface area contributed by atoms with Gasteiger partial charge in [-0.25, -0.2) is 0 Å². The molecule has 1 unspecified atom stereocenters. The second-order valence-corrected chi connectivity index (χ2v) is 9.34. The standard InChI is InChI=1S/C27H35N3O2/c1-20-10-5-6-11-21(20)18-30-17-9-12-22(19-30)26(31)29-25-16-8-7-15-24(25)27(32)28-23-13-3-2-4-14-23/h5-8,10-11,15-16,22-23H,2-4,9,12-14,17-19H2,1H3,(H,28,32)(H,29,31). The third kappa shape index (κ3) is 5.77. The summed E-state index contributed by atoms with van der Waals surface area (Å²) in [7, 11) is 0. The Morgan fingerprint density at radius 2 is 1.69 bits per heavy atom. The number of carbonyl (C=O) groups is 2. The van der Waals surface area contributed by atoms with E-state index in [1.807, 2.05) is 18.2 Å². The number of benzene rings is 2. The van der Waals surface area contributed by atoms with E-state index in [1.165, 1.54) is 30.4 Å². The first kappa shape index (κ1) is 22.5. The molecule has 5 heteroatoms. The maximum atomic E-state index is 13.1. The number of nitrogens with one attached hydrogen (secondary N) is 2. The van der Waals surface area contributed by atoms with Crippen molar-refractivity contribution >= 4 is 17.5 Å². The number of rotatable bonds is 6. The smallest absolute Gasteiger partial charge is 0.253 e. The summed E-state index contributed by atoms with van der Waals surface area (Å²) in [5, 5.41) is 6.24. The van der Waals surface area contributed by atoms with Gasteiger partial charge in [0.1, 0.15) is 0 Å². The Balaban J connectivity index is 1.38. The molecule has 170 valence electrons. The summed E-state index contributed by atoms with van der Waals surface area (Å²) in [5.41, 5.74) is 3.77. The van der Waals surface area contributed by atoms with E-state index in [0.717, 1.165) is 45.3 Å². The minimum atomic E-state index is -0.0855. The van der Waals surface area contributed by atoms with E-state index < -0.39 is 0 Å². The molecule has 1 aliphatic carbocycles. The Hall–Kier alpha value is -2.66. The van der Waals surface area contributed by atoms with Gasteiger partial charge in [-0.3, -0.25) is 14.5 Å². The van der Waals surface area contributed by atoms with Crippen LogP contribution in [0.4, 0.5) is 5.69 Å². The van der Waals surface area contributed by atoms with Crippen molar-refractivity contribution in [2.75, 3.05) is 18.4 Å². The van der Waals surface area contributed by atoms with Crippen molar-refractivity contribution in [2.45, 2.75) is 64.5 Å². The molecule has 0 spiro atoms. The highest BCUT2D eigenvalue weighted by molar-refractivity contribution is 6.04. The Morgan fingerprint density at radius 3 is 2.50 bits per heavy atom. The van der Waals surface area contributed by atoms with Gasteiger partial charge < -0.3 is 10.6 Å². The van der Waals surface area contributed by atoms with Crippen LogP contribution >= 0.6 is 0 Å². The summed E-state index contributed by atoms with van der Waals surface area (Å²) >= 11 is 0. The van der Waals surface area contributed by atoms with Crippen LogP contribution in [0, 0.1) is 12.8 Å². The summed E-state index contributed by atoms with van der Waals surface area (Å²) in [5.74, 6) is -0.141. The number of nitrogens with zero attached hydrogens (tertiary/aromatic N) is 1. The third-order valence-electron chi connectivity index (χ3n) is 6.90. The lowest BCUT2D eigenvalue weighted by molar-refractivity contribution is -0.121. The Labute approximate surface area is 191 Å². The number of hydrogen-bond donors (Lipinski definition) is 2. The van der Waals surface area contributed by atoms with E-state index >= 15 is 0 Å². The number of piperidine rings is 1. The summed E-state index contributed by atoms with van der Waals surface area (Å²) in [6.45, 7) is 4.77. The average Bonchev–Trinajstić information content (AvgIpc) is 2.82. The van der Waals surface area contributed by atoms with Gasteiger partial charge in [0.25, 0.3) is 5.91 Å². The van der Waals surface area contributed by atoms with E-state index in [2.05, 4.69) is 46.7 Å². The molecule has 0 bridgehead atoms. The number of aryl methyl sites for hydroxylation is 1. The maximum Gasteiger partial charge on any atom is 0.253 e. The van der Waals surface area contributed by atoms with E-state index in [-0.39, 0.29) is 23.8 Å². The van der Waals surface area contributed by atoms with Crippen molar-refractivity contribution in [1.29, 1.82) is 0 Å². The summed E-state index contributed by atoms with van der Waals surface area (Å²) in [6.07, 6.45) is 7.56. The second kappa shape index (κ2) is 10.8. The molecule has 2 amide bonds. The molecule has 1 aliphatic heterocycles. The van der Waals surface area contributed by atoms with Crippen LogP contribution in [0.5, 0.6) is 0 Å². The molecular weight excluding hydrogens is 398 g/mol. The lowest BCUT2D eigenvalue weighted by Crippen LogP contribution is -2.41. The number of anilines is 1. The van der Waals surface area contributed by atoms with Crippen LogP contribution in [0.1, 0.15) is 66.4 Å². The van der Waals surface area contributed by atoms with Gasteiger partial charge in [-0.2, -0.15) is 0 Å². The van der Waals surface area contributed by atoms with Crippen molar-refractivity contribution in [2.24, 2.45) is 5.92 Å². The number of amides is 2. The molecule has 2 N–H and O–H groups in total. The van der Waals surface area contributed by atoms with Gasteiger partial charge in [-0.15, -0.1) is 0 Å². The molecule has 0 radical (unpaired) electrons. The first-order valence-corrected chi connectivity index (χ1v) is 12.1.